The fraction of sp³-hybridized carbons (Fsp3) is 0.227. The first-order valence-electron chi connectivity index (χ1n) is 9.74. The molecule has 2 atom stereocenters. The number of nitrogens with zero attached hydrogens (tertiary/aromatic N) is 5. The third-order valence-electron chi connectivity index (χ3n) is 5.44. The Morgan fingerprint density at radius 1 is 0.969 bits per heavy atom. The van der Waals surface area contributed by atoms with Crippen molar-refractivity contribution in [2.24, 2.45) is 0 Å². The quantitative estimate of drug-likeness (QED) is 0.440. The monoisotopic (exact) mass is 445 g/mol. The molecule has 0 saturated heterocycles. The highest BCUT2D eigenvalue weighted by atomic mass is 19.1. The van der Waals surface area contributed by atoms with Gasteiger partial charge < -0.3 is 5.11 Å². The first-order chi connectivity index (χ1) is 15.3. The van der Waals surface area contributed by atoms with Gasteiger partial charge in [0.05, 0.1) is 18.8 Å². The number of hydrogen-bond donors (Lipinski definition) is 1. The Bertz CT molecular complexity index is 1230. The Morgan fingerprint density at radius 2 is 1.69 bits per heavy atom. The average Bonchev–Trinajstić information content (AvgIpc) is 3.41. The van der Waals surface area contributed by atoms with Gasteiger partial charge in [-0.15, -0.1) is 0 Å². The Balaban J connectivity index is 1.67. The SMILES string of the molecule is C[C@@H](c1ccn(Cc2ccc(F)cc2F)n1)[C@](O)(Cn1cncn1)c1ccc(F)cc1F. The molecule has 0 aliphatic carbocycles. The number of rotatable bonds is 7. The predicted molar refractivity (Wildman–Crippen MR) is 106 cm³/mol. The number of halogens is 4. The normalized spacial score (nSPS) is 14.3. The zero-order valence-corrected chi connectivity index (χ0v) is 17.0. The standard InChI is InChI=1S/C22H19F4N5O/c1-14(21-6-7-30(29-21)10-15-2-3-16(23)8-19(15)25)22(32,11-31-13-27-12-28-31)18-5-4-17(24)9-20(18)26/h2-9,12-14,32H,10-11H2,1H3/t14-,22+/m0/s1. The first-order valence-corrected chi connectivity index (χ1v) is 9.74. The summed E-state index contributed by atoms with van der Waals surface area (Å²) in [5.41, 5.74) is -1.36. The molecular formula is C22H19F4N5O. The number of aliphatic hydroxyl groups is 1. The van der Waals surface area contributed by atoms with E-state index in [1.54, 1.807) is 19.2 Å². The molecule has 0 spiro atoms. The molecule has 2 heterocycles. The molecule has 6 nitrogen and oxygen atoms in total. The molecule has 0 radical (unpaired) electrons. The van der Waals surface area contributed by atoms with Crippen molar-refractivity contribution in [2.75, 3.05) is 0 Å². The second-order valence-electron chi connectivity index (χ2n) is 7.54. The summed E-state index contributed by atoms with van der Waals surface area (Å²) in [6.07, 6.45) is 4.22. The molecule has 0 unspecified atom stereocenters. The number of hydrogen-bond acceptors (Lipinski definition) is 4. The molecule has 0 amide bonds. The van der Waals surface area contributed by atoms with Crippen molar-refractivity contribution in [3.8, 4) is 0 Å². The highest BCUT2D eigenvalue weighted by Crippen LogP contribution is 2.39. The molecule has 0 aliphatic heterocycles. The van der Waals surface area contributed by atoms with E-state index >= 15 is 0 Å². The molecule has 4 aromatic rings. The van der Waals surface area contributed by atoms with E-state index in [-0.39, 0.29) is 24.2 Å². The van der Waals surface area contributed by atoms with Gasteiger partial charge in [0.25, 0.3) is 0 Å². The molecule has 4 rings (SSSR count). The third-order valence-corrected chi connectivity index (χ3v) is 5.44. The summed E-state index contributed by atoms with van der Waals surface area (Å²) in [6, 6.07) is 7.82. The highest BCUT2D eigenvalue weighted by Gasteiger charge is 2.41. The lowest BCUT2D eigenvalue weighted by molar-refractivity contribution is -0.0124. The van der Waals surface area contributed by atoms with Crippen LogP contribution in [0.5, 0.6) is 0 Å². The molecule has 2 aromatic heterocycles. The maximum atomic E-state index is 14.7. The van der Waals surface area contributed by atoms with Crippen molar-refractivity contribution in [3.05, 3.63) is 101 Å². The van der Waals surface area contributed by atoms with Crippen LogP contribution < -0.4 is 0 Å². The Hall–Kier alpha value is -3.53. The minimum Gasteiger partial charge on any atom is -0.382 e. The minimum absolute atomic E-state index is 0.0330. The summed E-state index contributed by atoms with van der Waals surface area (Å²) >= 11 is 0. The van der Waals surface area contributed by atoms with Crippen molar-refractivity contribution in [3.63, 3.8) is 0 Å². The van der Waals surface area contributed by atoms with Gasteiger partial charge in [0.1, 0.15) is 41.5 Å². The van der Waals surface area contributed by atoms with Gasteiger partial charge in [-0.3, -0.25) is 4.68 Å². The zero-order valence-electron chi connectivity index (χ0n) is 17.0. The van der Waals surface area contributed by atoms with Gasteiger partial charge in [-0.1, -0.05) is 19.1 Å². The van der Waals surface area contributed by atoms with E-state index in [0.717, 1.165) is 18.2 Å². The molecule has 0 bridgehead atoms. The van der Waals surface area contributed by atoms with Gasteiger partial charge in [-0.2, -0.15) is 10.2 Å². The molecule has 0 saturated carbocycles. The third kappa shape index (κ3) is 4.26. The van der Waals surface area contributed by atoms with E-state index in [9.17, 15) is 22.7 Å². The molecular weight excluding hydrogens is 426 g/mol. The molecule has 0 aliphatic rings. The fourth-order valence-electron chi connectivity index (χ4n) is 3.62. The lowest BCUT2D eigenvalue weighted by Crippen LogP contribution is -2.38. The van der Waals surface area contributed by atoms with Crippen molar-refractivity contribution >= 4 is 0 Å². The summed E-state index contributed by atoms with van der Waals surface area (Å²) in [7, 11) is 0. The highest BCUT2D eigenvalue weighted by molar-refractivity contribution is 5.30. The van der Waals surface area contributed by atoms with Gasteiger partial charge in [0.15, 0.2) is 0 Å². The average molecular weight is 445 g/mol. The van der Waals surface area contributed by atoms with Crippen molar-refractivity contribution in [1.82, 2.24) is 24.5 Å². The van der Waals surface area contributed by atoms with Crippen molar-refractivity contribution in [2.45, 2.75) is 31.5 Å². The lowest BCUT2D eigenvalue weighted by atomic mass is 9.80. The van der Waals surface area contributed by atoms with Crippen LogP contribution in [0.4, 0.5) is 17.6 Å². The van der Waals surface area contributed by atoms with E-state index in [4.69, 9.17) is 0 Å². The summed E-state index contributed by atoms with van der Waals surface area (Å²) in [6.45, 7) is 1.51. The van der Waals surface area contributed by atoms with Crippen LogP contribution >= 0.6 is 0 Å². The second kappa shape index (κ2) is 8.54. The Morgan fingerprint density at radius 3 is 2.34 bits per heavy atom. The van der Waals surface area contributed by atoms with Crippen LogP contribution in [0.2, 0.25) is 0 Å². The summed E-state index contributed by atoms with van der Waals surface area (Å²) in [5, 5.41) is 20.0. The van der Waals surface area contributed by atoms with E-state index in [1.807, 2.05) is 0 Å². The van der Waals surface area contributed by atoms with Gasteiger partial charge in [-0.25, -0.2) is 27.2 Å². The Labute approximate surface area is 180 Å². The van der Waals surface area contributed by atoms with Crippen LogP contribution in [0.15, 0.2) is 61.3 Å². The van der Waals surface area contributed by atoms with Crippen LogP contribution in [-0.4, -0.2) is 29.7 Å². The molecule has 0 fully saturated rings. The second-order valence-corrected chi connectivity index (χ2v) is 7.54. The Kier molecular flexibility index (Phi) is 5.79. The fourth-order valence-corrected chi connectivity index (χ4v) is 3.62. The predicted octanol–water partition coefficient (Wildman–Crippen LogP) is 3.77. The van der Waals surface area contributed by atoms with Gasteiger partial charge in [-0.05, 0) is 18.2 Å². The van der Waals surface area contributed by atoms with Crippen LogP contribution in [0, 0.1) is 23.3 Å². The van der Waals surface area contributed by atoms with E-state index in [2.05, 4.69) is 15.2 Å². The summed E-state index contributed by atoms with van der Waals surface area (Å²) in [5.74, 6) is -3.84. The molecule has 1 N–H and O–H groups in total. The van der Waals surface area contributed by atoms with E-state index in [0.29, 0.717) is 11.8 Å². The first kappa shape index (κ1) is 21.7. The molecule has 166 valence electrons. The smallest absolute Gasteiger partial charge is 0.137 e. The van der Waals surface area contributed by atoms with Crippen LogP contribution in [0.1, 0.15) is 29.7 Å². The largest absolute Gasteiger partial charge is 0.382 e. The molecule has 2 aromatic carbocycles. The number of benzene rings is 2. The van der Waals surface area contributed by atoms with Gasteiger partial charge in [0, 0.05) is 35.4 Å². The van der Waals surface area contributed by atoms with Crippen LogP contribution in [0.25, 0.3) is 0 Å². The zero-order chi connectivity index (χ0) is 22.9. The summed E-state index contributed by atoms with van der Waals surface area (Å²) in [4.78, 5) is 3.84. The van der Waals surface area contributed by atoms with Gasteiger partial charge >= 0.3 is 0 Å². The maximum absolute atomic E-state index is 14.7. The van der Waals surface area contributed by atoms with Crippen molar-refractivity contribution < 1.29 is 22.7 Å². The van der Waals surface area contributed by atoms with Crippen molar-refractivity contribution in [1.29, 1.82) is 0 Å². The van der Waals surface area contributed by atoms with Gasteiger partial charge in [0.2, 0.25) is 0 Å². The van der Waals surface area contributed by atoms with E-state index < -0.39 is 34.8 Å². The minimum atomic E-state index is -1.86. The number of aromatic nitrogens is 5. The van der Waals surface area contributed by atoms with Crippen LogP contribution in [0.3, 0.4) is 0 Å². The van der Waals surface area contributed by atoms with Crippen LogP contribution in [-0.2, 0) is 18.7 Å². The molecule has 32 heavy (non-hydrogen) atoms. The summed E-state index contributed by atoms with van der Waals surface area (Å²) < 4.78 is 58.1. The maximum Gasteiger partial charge on any atom is 0.137 e. The molecule has 10 heteroatoms. The topological polar surface area (TPSA) is 68.8 Å². The van der Waals surface area contributed by atoms with E-state index in [1.165, 1.54) is 34.2 Å². The lowest BCUT2D eigenvalue weighted by Gasteiger charge is -2.34.